The monoisotopic (exact) mass is 391 g/mol. The molecule has 6 nitrogen and oxygen atoms in total. The van der Waals surface area contributed by atoms with Crippen molar-refractivity contribution >= 4 is 17.2 Å². The minimum absolute atomic E-state index is 0.276. The molecule has 0 aliphatic rings. The molecular weight excluding hydrogens is 366 g/mol. The van der Waals surface area contributed by atoms with Gasteiger partial charge in [-0.3, -0.25) is 0 Å². The summed E-state index contributed by atoms with van der Waals surface area (Å²) >= 11 is 0. The molecule has 150 valence electrons. The fourth-order valence-electron chi connectivity index (χ4n) is 2.75. The number of para-hydroxylation sites is 1. The number of benzene rings is 2. The second-order valence-corrected chi connectivity index (χ2v) is 6.34. The van der Waals surface area contributed by atoms with Crippen LogP contribution in [0.3, 0.4) is 0 Å². The standard InChI is InChI=1S/C23H25N3O3/c1-4-28-22-15-21(25-26(22)19-9-7-6-8-10-19)20(23(27)29-5-2)16-24-18-13-11-17(3)12-14-18/h6-16,24H,4-5H2,1-3H3/b20-16+. The molecule has 29 heavy (non-hydrogen) atoms. The summed E-state index contributed by atoms with van der Waals surface area (Å²) in [6, 6.07) is 19.3. The van der Waals surface area contributed by atoms with Crippen molar-refractivity contribution in [3.05, 3.63) is 78.1 Å². The van der Waals surface area contributed by atoms with Crippen LogP contribution in [0.1, 0.15) is 25.1 Å². The molecule has 0 bridgehead atoms. The van der Waals surface area contributed by atoms with Crippen LogP contribution in [0.2, 0.25) is 0 Å². The van der Waals surface area contributed by atoms with Crippen molar-refractivity contribution in [2.24, 2.45) is 0 Å². The van der Waals surface area contributed by atoms with E-state index in [1.807, 2.05) is 68.4 Å². The number of anilines is 1. The number of aromatic nitrogens is 2. The van der Waals surface area contributed by atoms with Crippen molar-refractivity contribution in [2.75, 3.05) is 18.5 Å². The van der Waals surface area contributed by atoms with Crippen LogP contribution in [-0.2, 0) is 9.53 Å². The lowest BCUT2D eigenvalue weighted by atomic mass is 10.2. The Labute approximate surface area is 170 Å². The van der Waals surface area contributed by atoms with E-state index in [1.165, 1.54) is 0 Å². The van der Waals surface area contributed by atoms with Gasteiger partial charge in [0, 0.05) is 18.0 Å². The molecule has 0 unspecified atom stereocenters. The van der Waals surface area contributed by atoms with Crippen LogP contribution in [0.25, 0.3) is 11.3 Å². The quantitative estimate of drug-likeness (QED) is 0.449. The van der Waals surface area contributed by atoms with Crippen molar-refractivity contribution < 1.29 is 14.3 Å². The Morgan fingerprint density at radius 3 is 2.45 bits per heavy atom. The maximum Gasteiger partial charge on any atom is 0.341 e. The van der Waals surface area contributed by atoms with Gasteiger partial charge in [-0.2, -0.15) is 5.10 Å². The Kier molecular flexibility index (Phi) is 6.68. The van der Waals surface area contributed by atoms with E-state index in [0.717, 1.165) is 16.9 Å². The van der Waals surface area contributed by atoms with Crippen molar-refractivity contribution in [3.63, 3.8) is 0 Å². The minimum atomic E-state index is -0.451. The molecule has 0 saturated carbocycles. The lowest BCUT2D eigenvalue weighted by molar-refractivity contribution is -0.136. The van der Waals surface area contributed by atoms with E-state index < -0.39 is 5.97 Å². The van der Waals surface area contributed by atoms with Crippen LogP contribution < -0.4 is 10.1 Å². The van der Waals surface area contributed by atoms with Gasteiger partial charge in [-0.05, 0) is 45.0 Å². The highest BCUT2D eigenvalue weighted by molar-refractivity contribution is 6.16. The van der Waals surface area contributed by atoms with Gasteiger partial charge in [0.15, 0.2) is 0 Å². The Balaban J connectivity index is 1.99. The number of hydrogen-bond acceptors (Lipinski definition) is 5. The highest BCUT2D eigenvalue weighted by atomic mass is 16.5. The zero-order chi connectivity index (χ0) is 20.6. The largest absolute Gasteiger partial charge is 0.478 e. The third kappa shape index (κ3) is 5.04. The molecule has 6 heteroatoms. The van der Waals surface area contributed by atoms with Crippen LogP contribution in [0.15, 0.2) is 66.9 Å². The first-order valence-electron chi connectivity index (χ1n) is 9.61. The normalized spacial score (nSPS) is 11.2. The average Bonchev–Trinajstić information content (AvgIpc) is 3.14. The molecule has 0 saturated heterocycles. The van der Waals surface area contributed by atoms with E-state index in [9.17, 15) is 4.79 Å². The molecule has 3 aromatic rings. The smallest absolute Gasteiger partial charge is 0.341 e. The predicted molar refractivity (Wildman–Crippen MR) is 114 cm³/mol. The third-order valence-corrected chi connectivity index (χ3v) is 4.18. The summed E-state index contributed by atoms with van der Waals surface area (Å²) < 4.78 is 12.7. The summed E-state index contributed by atoms with van der Waals surface area (Å²) in [5.74, 6) is 0.104. The van der Waals surface area contributed by atoms with Crippen molar-refractivity contribution in [2.45, 2.75) is 20.8 Å². The number of ether oxygens (including phenoxy) is 2. The molecule has 0 aliphatic heterocycles. The lowest BCUT2D eigenvalue weighted by Crippen LogP contribution is -2.09. The van der Waals surface area contributed by atoms with Gasteiger partial charge in [0.2, 0.25) is 5.88 Å². The Morgan fingerprint density at radius 2 is 1.79 bits per heavy atom. The van der Waals surface area contributed by atoms with Gasteiger partial charge in [-0.1, -0.05) is 35.9 Å². The number of carbonyl (C=O) groups excluding carboxylic acids is 1. The molecule has 1 aromatic heterocycles. The van der Waals surface area contributed by atoms with Gasteiger partial charge in [-0.15, -0.1) is 0 Å². The molecule has 0 aliphatic carbocycles. The SMILES string of the molecule is CCOC(=O)/C(=C/Nc1ccc(C)cc1)c1cc(OCC)n(-c2ccccc2)n1. The summed E-state index contributed by atoms with van der Waals surface area (Å²) in [4.78, 5) is 12.6. The highest BCUT2D eigenvalue weighted by Crippen LogP contribution is 2.25. The molecule has 2 aromatic carbocycles. The first-order valence-corrected chi connectivity index (χ1v) is 9.61. The first-order chi connectivity index (χ1) is 14.1. The van der Waals surface area contributed by atoms with Crippen LogP contribution >= 0.6 is 0 Å². The summed E-state index contributed by atoms with van der Waals surface area (Å²) in [6.07, 6.45) is 1.62. The van der Waals surface area contributed by atoms with Gasteiger partial charge in [-0.25, -0.2) is 9.48 Å². The van der Waals surface area contributed by atoms with E-state index in [2.05, 4.69) is 10.4 Å². The lowest BCUT2D eigenvalue weighted by Gasteiger charge is -2.07. The summed E-state index contributed by atoms with van der Waals surface area (Å²) in [6.45, 7) is 6.46. The Bertz CT molecular complexity index is 976. The number of aryl methyl sites for hydroxylation is 1. The maximum absolute atomic E-state index is 12.6. The molecule has 0 radical (unpaired) electrons. The molecule has 1 N–H and O–H groups in total. The minimum Gasteiger partial charge on any atom is -0.478 e. The highest BCUT2D eigenvalue weighted by Gasteiger charge is 2.20. The Hall–Kier alpha value is -3.54. The van der Waals surface area contributed by atoms with E-state index >= 15 is 0 Å². The zero-order valence-corrected chi connectivity index (χ0v) is 16.9. The fraction of sp³-hybridized carbons (Fsp3) is 0.217. The van der Waals surface area contributed by atoms with Gasteiger partial charge in [0.25, 0.3) is 0 Å². The number of nitrogens with one attached hydrogen (secondary N) is 1. The first kappa shape index (κ1) is 20.2. The second kappa shape index (κ2) is 9.59. The van der Waals surface area contributed by atoms with Crippen molar-refractivity contribution in [1.29, 1.82) is 0 Å². The van der Waals surface area contributed by atoms with Gasteiger partial charge in [0.1, 0.15) is 11.3 Å². The molecular formula is C23H25N3O3. The molecule has 1 heterocycles. The van der Waals surface area contributed by atoms with Crippen molar-refractivity contribution in [3.8, 4) is 11.6 Å². The van der Waals surface area contributed by atoms with Crippen LogP contribution in [0, 0.1) is 6.92 Å². The van der Waals surface area contributed by atoms with Crippen LogP contribution in [0.4, 0.5) is 5.69 Å². The average molecular weight is 391 g/mol. The predicted octanol–water partition coefficient (Wildman–Crippen LogP) is 4.60. The van der Waals surface area contributed by atoms with E-state index in [-0.39, 0.29) is 6.61 Å². The molecule has 0 amide bonds. The van der Waals surface area contributed by atoms with E-state index in [0.29, 0.717) is 23.8 Å². The molecule has 0 fully saturated rings. The number of rotatable bonds is 8. The van der Waals surface area contributed by atoms with E-state index in [1.54, 1.807) is 23.9 Å². The second-order valence-electron chi connectivity index (χ2n) is 6.34. The topological polar surface area (TPSA) is 65.4 Å². The number of carbonyl (C=O) groups is 1. The van der Waals surface area contributed by atoms with Crippen LogP contribution in [0.5, 0.6) is 5.88 Å². The summed E-state index contributed by atoms with van der Waals surface area (Å²) in [5, 5.41) is 7.77. The number of nitrogens with zero attached hydrogens (tertiary/aromatic N) is 2. The maximum atomic E-state index is 12.6. The van der Waals surface area contributed by atoms with Gasteiger partial charge in [0.05, 0.1) is 18.9 Å². The Morgan fingerprint density at radius 1 is 1.07 bits per heavy atom. The fourth-order valence-corrected chi connectivity index (χ4v) is 2.75. The van der Waals surface area contributed by atoms with Gasteiger partial charge >= 0.3 is 5.97 Å². The number of esters is 1. The summed E-state index contributed by atoms with van der Waals surface area (Å²) in [5.41, 5.74) is 3.66. The molecule has 0 spiro atoms. The van der Waals surface area contributed by atoms with Crippen molar-refractivity contribution in [1.82, 2.24) is 9.78 Å². The summed E-state index contributed by atoms with van der Waals surface area (Å²) in [7, 11) is 0. The third-order valence-electron chi connectivity index (χ3n) is 4.18. The van der Waals surface area contributed by atoms with Gasteiger partial charge < -0.3 is 14.8 Å². The van der Waals surface area contributed by atoms with E-state index in [4.69, 9.17) is 9.47 Å². The molecule has 0 atom stereocenters. The molecule has 3 rings (SSSR count). The zero-order valence-electron chi connectivity index (χ0n) is 16.9. The number of hydrogen-bond donors (Lipinski definition) is 1. The van der Waals surface area contributed by atoms with Crippen LogP contribution in [-0.4, -0.2) is 29.0 Å².